The molecule has 1 aliphatic heterocycles. The minimum atomic E-state index is -0.621. The van der Waals surface area contributed by atoms with Gasteiger partial charge in [-0.1, -0.05) is 6.07 Å². The van der Waals surface area contributed by atoms with E-state index in [1.54, 1.807) is 11.3 Å². The smallest absolute Gasteiger partial charge is 0.336 e. The van der Waals surface area contributed by atoms with Gasteiger partial charge in [0.2, 0.25) is 0 Å². The van der Waals surface area contributed by atoms with Crippen LogP contribution in [0, 0.1) is 5.92 Å². The number of allylic oxidation sites excluding steroid dienone is 2. The lowest BCUT2D eigenvalue weighted by Crippen LogP contribution is -2.31. The first-order valence-corrected chi connectivity index (χ1v) is 8.34. The molecule has 1 aromatic heterocycles. The number of methoxy groups -OCH3 is 2. The van der Waals surface area contributed by atoms with Gasteiger partial charge in [0.1, 0.15) is 0 Å². The quantitative estimate of drug-likeness (QED) is 0.795. The Labute approximate surface area is 139 Å². The first-order chi connectivity index (χ1) is 11.1. The third-order valence-corrected chi connectivity index (χ3v) is 5.38. The molecule has 0 bridgehead atoms. The minimum absolute atomic E-state index is 0.397. The molecule has 1 fully saturated rings. The SMILES string of the molecule is COC(=O)C1=C2C(=C(c3cccs3)CC1C(=O)OC)CCN2C. The van der Waals surface area contributed by atoms with Gasteiger partial charge in [0.15, 0.2) is 0 Å². The van der Waals surface area contributed by atoms with Gasteiger partial charge in [-0.3, -0.25) is 4.79 Å². The van der Waals surface area contributed by atoms with Gasteiger partial charge in [-0.25, -0.2) is 4.79 Å². The van der Waals surface area contributed by atoms with Crippen molar-refractivity contribution in [1.29, 1.82) is 0 Å². The van der Waals surface area contributed by atoms with E-state index in [0.717, 1.165) is 34.7 Å². The Bertz CT molecular complexity index is 702. The fraction of sp³-hybridized carbons (Fsp3) is 0.412. The van der Waals surface area contributed by atoms with Crippen molar-refractivity contribution in [3.8, 4) is 0 Å². The number of nitrogens with zero attached hydrogens (tertiary/aromatic N) is 1. The molecule has 1 atom stereocenters. The highest BCUT2D eigenvalue weighted by molar-refractivity contribution is 7.11. The number of hydrogen-bond acceptors (Lipinski definition) is 6. The summed E-state index contributed by atoms with van der Waals surface area (Å²) >= 11 is 1.65. The van der Waals surface area contributed by atoms with Gasteiger partial charge < -0.3 is 14.4 Å². The molecule has 23 heavy (non-hydrogen) atoms. The fourth-order valence-corrected chi connectivity index (χ4v) is 4.20. The van der Waals surface area contributed by atoms with E-state index >= 15 is 0 Å². The molecule has 0 saturated carbocycles. The van der Waals surface area contributed by atoms with Crippen molar-refractivity contribution in [2.24, 2.45) is 5.92 Å². The number of rotatable bonds is 3. The molecule has 122 valence electrons. The van der Waals surface area contributed by atoms with Gasteiger partial charge in [-0.15, -0.1) is 11.3 Å². The molecule has 0 radical (unpaired) electrons. The van der Waals surface area contributed by atoms with Crippen LogP contribution in [-0.2, 0) is 19.1 Å². The fourth-order valence-electron chi connectivity index (χ4n) is 3.39. The molecular weight excluding hydrogens is 314 g/mol. The topological polar surface area (TPSA) is 55.8 Å². The van der Waals surface area contributed by atoms with Gasteiger partial charge in [0.05, 0.1) is 31.4 Å². The molecule has 2 heterocycles. The first kappa shape index (κ1) is 15.8. The molecule has 3 rings (SSSR count). The third-order valence-electron chi connectivity index (χ3n) is 4.45. The maximum Gasteiger partial charge on any atom is 0.336 e. The standard InChI is InChI=1S/C17H19NO4S/c1-18-7-6-10-11(13-5-4-8-23-13)9-12(16(19)21-2)14(15(10)18)17(20)22-3/h4-5,8,12H,6-7,9H2,1-3H3. The number of carbonyl (C=O) groups is 2. The van der Waals surface area contributed by atoms with Crippen molar-refractivity contribution < 1.29 is 19.1 Å². The number of esters is 2. The summed E-state index contributed by atoms with van der Waals surface area (Å²) in [6.45, 7) is 0.827. The van der Waals surface area contributed by atoms with Crippen LogP contribution in [-0.4, -0.2) is 44.7 Å². The van der Waals surface area contributed by atoms with Crippen molar-refractivity contribution in [3.63, 3.8) is 0 Å². The van der Waals surface area contributed by atoms with Crippen LogP contribution in [0.3, 0.4) is 0 Å². The van der Waals surface area contributed by atoms with E-state index in [1.165, 1.54) is 14.2 Å². The van der Waals surface area contributed by atoms with Crippen LogP contribution in [0.5, 0.6) is 0 Å². The van der Waals surface area contributed by atoms with Crippen molar-refractivity contribution in [2.45, 2.75) is 12.8 Å². The average Bonchev–Trinajstić information content (AvgIpc) is 3.22. The highest BCUT2D eigenvalue weighted by Crippen LogP contribution is 2.46. The summed E-state index contributed by atoms with van der Waals surface area (Å²) in [6.07, 6.45) is 1.34. The van der Waals surface area contributed by atoms with Gasteiger partial charge >= 0.3 is 11.9 Å². The second kappa shape index (κ2) is 6.20. The Morgan fingerprint density at radius 1 is 1.26 bits per heavy atom. The van der Waals surface area contributed by atoms with E-state index in [4.69, 9.17) is 9.47 Å². The van der Waals surface area contributed by atoms with E-state index < -0.39 is 17.9 Å². The summed E-state index contributed by atoms with van der Waals surface area (Å²) in [4.78, 5) is 27.8. The molecule has 1 unspecified atom stereocenters. The minimum Gasteiger partial charge on any atom is -0.469 e. The molecule has 0 amide bonds. The van der Waals surface area contributed by atoms with Crippen molar-refractivity contribution in [3.05, 3.63) is 39.2 Å². The summed E-state index contributed by atoms with van der Waals surface area (Å²) in [7, 11) is 4.64. The number of likely N-dealkylation sites (N-methyl/N-ethyl adjacent to an activating group) is 1. The predicted octanol–water partition coefficient (Wildman–Crippen LogP) is 2.46. The number of hydrogen-bond donors (Lipinski definition) is 0. The van der Waals surface area contributed by atoms with E-state index in [9.17, 15) is 9.59 Å². The molecule has 1 aliphatic carbocycles. The molecule has 5 nitrogen and oxygen atoms in total. The number of carbonyl (C=O) groups excluding carboxylic acids is 2. The average molecular weight is 333 g/mol. The van der Waals surface area contributed by atoms with E-state index in [2.05, 4.69) is 6.07 Å². The number of thiophene rings is 1. The second-order valence-corrected chi connectivity index (χ2v) is 6.59. The van der Waals surface area contributed by atoms with E-state index in [0.29, 0.717) is 12.0 Å². The Balaban J connectivity index is 2.21. The molecule has 1 aromatic rings. The van der Waals surface area contributed by atoms with Crippen LogP contribution in [0.4, 0.5) is 0 Å². The van der Waals surface area contributed by atoms with Gasteiger partial charge in [-0.05, 0) is 35.4 Å². The Morgan fingerprint density at radius 2 is 2.04 bits per heavy atom. The van der Waals surface area contributed by atoms with Crippen LogP contribution < -0.4 is 0 Å². The second-order valence-electron chi connectivity index (χ2n) is 5.64. The zero-order valence-electron chi connectivity index (χ0n) is 13.4. The third kappa shape index (κ3) is 2.57. The zero-order valence-corrected chi connectivity index (χ0v) is 14.2. The molecule has 0 spiro atoms. The monoisotopic (exact) mass is 333 g/mol. The highest BCUT2D eigenvalue weighted by Gasteiger charge is 2.42. The highest BCUT2D eigenvalue weighted by atomic mass is 32.1. The van der Waals surface area contributed by atoms with Crippen molar-refractivity contribution in [1.82, 2.24) is 4.90 Å². The summed E-state index contributed by atoms with van der Waals surface area (Å²) in [5.41, 5.74) is 3.55. The van der Waals surface area contributed by atoms with E-state index in [1.807, 2.05) is 23.4 Å². The van der Waals surface area contributed by atoms with Crippen LogP contribution >= 0.6 is 11.3 Å². The molecule has 2 aliphatic rings. The number of ether oxygens (including phenoxy) is 2. The van der Waals surface area contributed by atoms with E-state index in [-0.39, 0.29) is 0 Å². The maximum absolute atomic E-state index is 12.3. The predicted molar refractivity (Wildman–Crippen MR) is 87.7 cm³/mol. The van der Waals surface area contributed by atoms with Crippen LogP contribution in [0.25, 0.3) is 5.57 Å². The lowest BCUT2D eigenvalue weighted by molar-refractivity contribution is -0.147. The molecule has 0 aromatic carbocycles. The summed E-state index contributed by atoms with van der Waals surface area (Å²) < 4.78 is 9.89. The van der Waals surface area contributed by atoms with Crippen LogP contribution in [0.2, 0.25) is 0 Å². The lowest BCUT2D eigenvalue weighted by atomic mass is 9.80. The van der Waals surface area contributed by atoms with Gasteiger partial charge in [0, 0.05) is 18.5 Å². The van der Waals surface area contributed by atoms with Gasteiger partial charge in [0.25, 0.3) is 0 Å². The lowest BCUT2D eigenvalue weighted by Gasteiger charge is -2.29. The van der Waals surface area contributed by atoms with Crippen LogP contribution in [0.15, 0.2) is 34.4 Å². The maximum atomic E-state index is 12.3. The molecule has 0 N–H and O–H groups in total. The zero-order chi connectivity index (χ0) is 16.6. The number of likely N-dealkylation sites (tertiary alicyclic amines) is 1. The van der Waals surface area contributed by atoms with Crippen molar-refractivity contribution >= 4 is 28.8 Å². The molecule has 1 saturated heterocycles. The summed E-state index contributed by atoms with van der Waals surface area (Å²) in [5, 5.41) is 2.02. The van der Waals surface area contributed by atoms with Gasteiger partial charge in [-0.2, -0.15) is 0 Å². The normalized spacial score (nSPS) is 20.7. The Kier molecular flexibility index (Phi) is 4.26. The number of fused-ring (bicyclic) bond motifs is 1. The summed E-state index contributed by atoms with van der Waals surface area (Å²) in [5.74, 6) is -1.47. The molecular formula is C17H19NO4S. The first-order valence-electron chi connectivity index (χ1n) is 7.46. The Morgan fingerprint density at radius 3 is 2.65 bits per heavy atom. The van der Waals surface area contributed by atoms with Crippen LogP contribution in [0.1, 0.15) is 17.7 Å². The summed E-state index contributed by atoms with van der Waals surface area (Å²) in [6, 6.07) is 4.05. The molecule has 6 heteroatoms. The largest absolute Gasteiger partial charge is 0.469 e. The Hall–Kier alpha value is -2.08. The van der Waals surface area contributed by atoms with Crippen molar-refractivity contribution in [2.75, 3.05) is 27.8 Å².